The normalized spacial score (nSPS) is 11.2. The van der Waals surface area contributed by atoms with Crippen molar-refractivity contribution in [1.82, 2.24) is 9.62 Å². The summed E-state index contributed by atoms with van der Waals surface area (Å²) in [6.45, 7) is 7.52. The fourth-order valence-corrected chi connectivity index (χ4v) is 4.80. The summed E-state index contributed by atoms with van der Waals surface area (Å²) in [5.74, 6) is 0.356. The van der Waals surface area contributed by atoms with Crippen LogP contribution in [0.25, 0.3) is 0 Å². The van der Waals surface area contributed by atoms with Crippen LogP contribution in [0.3, 0.4) is 0 Å². The molecule has 0 saturated heterocycles. The Balaban J connectivity index is 1.98. The summed E-state index contributed by atoms with van der Waals surface area (Å²) in [6.07, 6.45) is 2.41. The third-order valence-corrected chi connectivity index (χ3v) is 6.63. The quantitative estimate of drug-likeness (QED) is 0.466. The van der Waals surface area contributed by atoms with Crippen molar-refractivity contribution in [2.75, 3.05) is 25.0 Å². The van der Waals surface area contributed by atoms with Crippen molar-refractivity contribution >= 4 is 38.9 Å². The first-order valence-corrected chi connectivity index (χ1v) is 12.6. The highest BCUT2D eigenvalue weighted by Gasteiger charge is 2.22. The van der Waals surface area contributed by atoms with Crippen molar-refractivity contribution in [3.8, 4) is 5.75 Å². The molecule has 0 fully saturated rings. The molecule has 7 nitrogen and oxygen atoms in total. The van der Waals surface area contributed by atoms with Gasteiger partial charge < -0.3 is 10.1 Å². The van der Waals surface area contributed by atoms with E-state index in [1.54, 1.807) is 36.4 Å². The van der Waals surface area contributed by atoms with Crippen LogP contribution in [0.2, 0.25) is 0 Å². The highest BCUT2D eigenvalue weighted by atomic mass is 32.2. The molecule has 1 amide bonds. The zero-order valence-corrected chi connectivity index (χ0v) is 20.4. The molecule has 32 heavy (non-hydrogen) atoms. The molecule has 0 atom stereocenters. The zero-order valence-electron chi connectivity index (χ0n) is 18.8. The molecule has 2 aromatic carbocycles. The van der Waals surface area contributed by atoms with Crippen LogP contribution in [0.4, 0.5) is 5.69 Å². The molecule has 0 saturated carbocycles. The van der Waals surface area contributed by atoms with E-state index in [0.717, 1.165) is 19.3 Å². The van der Waals surface area contributed by atoms with Crippen LogP contribution in [0.1, 0.15) is 50.4 Å². The van der Waals surface area contributed by atoms with Gasteiger partial charge >= 0.3 is 0 Å². The monoisotopic (exact) mass is 477 g/mol. The average Bonchev–Trinajstić information content (AvgIpc) is 2.78. The fourth-order valence-electron chi connectivity index (χ4n) is 2.97. The van der Waals surface area contributed by atoms with E-state index in [2.05, 4.69) is 10.6 Å². The SMILES string of the molecule is CCCOc1ccc(C(=O)NC(=S)Nc2ccc(S(=O)(=O)N(CCC)CCC)cc2)cc1. The lowest BCUT2D eigenvalue weighted by Gasteiger charge is -2.21. The minimum Gasteiger partial charge on any atom is -0.494 e. The van der Waals surface area contributed by atoms with Gasteiger partial charge in [-0.15, -0.1) is 0 Å². The lowest BCUT2D eigenvalue weighted by atomic mass is 10.2. The Morgan fingerprint density at radius 1 is 0.938 bits per heavy atom. The van der Waals surface area contributed by atoms with E-state index in [-0.39, 0.29) is 15.9 Å². The first kappa shape index (κ1) is 25.8. The van der Waals surface area contributed by atoms with E-state index in [9.17, 15) is 13.2 Å². The predicted molar refractivity (Wildman–Crippen MR) is 132 cm³/mol. The predicted octanol–water partition coefficient (Wildman–Crippen LogP) is 4.41. The number of sulfonamides is 1. The summed E-state index contributed by atoms with van der Waals surface area (Å²) in [4.78, 5) is 12.6. The van der Waals surface area contributed by atoms with Crippen molar-refractivity contribution in [3.05, 3.63) is 54.1 Å². The van der Waals surface area contributed by atoms with Crippen molar-refractivity contribution in [2.45, 2.75) is 44.9 Å². The third-order valence-electron chi connectivity index (χ3n) is 4.51. The molecule has 2 rings (SSSR count). The first-order chi connectivity index (χ1) is 15.3. The van der Waals surface area contributed by atoms with Crippen molar-refractivity contribution < 1.29 is 17.9 Å². The number of thiocarbonyl (C=S) groups is 1. The number of nitrogens with zero attached hydrogens (tertiary/aromatic N) is 1. The zero-order chi connectivity index (χ0) is 23.6. The smallest absolute Gasteiger partial charge is 0.257 e. The molecule has 0 aliphatic rings. The van der Waals surface area contributed by atoms with Gasteiger partial charge in [-0.25, -0.2) is 8.42 Å². The third kappa shape index (κ3) is 7.29. The maximum absolute atomic E-state index is 12.8. The number of carbonyl (C=O) groups excluding carboxylic acids is 1. The highest BCUT2D eigenvalue weighted by Crippen LogP contribution is 2.19. The summed E-state index contributed by atoms with van der Waals surface area (Å²) in [5, 5.41) is 5.65. The molecule has 0 radical (unpaired) electrons. The molecule has 174 valence electrons. The van der Waals surface area contributed by atoms with Gasteiger partial charge in [0.1, 0.15) is 5.75 Å². The van der Waals surface area contributed by atoms with Crippen LogP contribution >= 0.6 is 12.2 Å². The van der Waals surface area contributed by atoms with Gasteiger partial charge in [-0.3, -0.25) is 10.1 Å². The summed E-state index contributed by atoms with van der Waals surface area (Å²) in [6, 6.07) is 13.1. The Morgan fingerprint density at radius 2 is 1.53 bits per heavy atom. The Hall–Kier alpha value is -2.49. The number of carbonyl (C=O) groups is 1. The number of anilines is 1. The average molecular weight is 478 g/mol. The van der Waals surface area contributed by atoms with Gasteiger partial charge in [-0.2, -0.15) is 4.31 Å². The van der Waals surface area contributed by atoms with Crippen LogP contribution < -0.4 is 15.4 Å². The standard InChI is InChI=1S/C23H31N3O4S2/c1-4-15-26(16-5-2)32(28,29)21-13-9-19(10-14-21)24-23(31)25-22(27)18-7-11-20(12-8-18)30-17-6-3/h7-14H,4-6,15-17H2,1-3H3,(H2,24,25,27,31). The Kier molecular flexibility index (Phi) is 10.1. The number of ether oxygens (including phenoxy) is 1. The number of nitrogens with one attached hydrogen (secondary N) is 2. The summed E-state index contributed by atoms with van der Waals surface area (Å²) in [5.41, 5.74) is 1.03. The highest BCUT2D eigenvalue weighted by molar-refractivity contribution is 7.89. The van der Waals surface area contributed by atoms with Crippen molar-refractivity contribution in [2.24, 2.45) is 0 Å². The molecular weight excluding hydrogens is 446 g/mol. The first-order valence-electron chi connectivity index (χ1n) is 10.8. The Morgan fingerprint density at radius 3 is 2.06 bits per heavy atom. The van der Waals surface area contributed by atoms with E-state index in [4.69, 9.17) is 17.0 Å². The Bertz CT molecular complexity index is 985. The molecule has 0 aromatic heterocycles. The number of hydrogen-bond acceptors (Lipinski definition) is 5. The van der Waals surface area contributed by atoms with Gasteiger partial charge in [-0.1, -0.05) is 20.8 Å². The summed E-state index contributed by atoms with van der Waals surface area (Å²) >= 11 is 5.22. The molecule has 0 unspecified atom stereocenters. The van der Waals surface area contributed by atoms with E-state index < -0.39 is 10.0 Å². The lowest BCUT2D eigenvalue weighted by molar-refractivity contribution is 0.0977. The summed E-state index contributed by atoms with van der Waals surface area (Å²) in [7, 11) is -3.54. The molecule has 0 aliphatic heterocycles. The van der Waals surface area contributed by atoms with Crippen molar-refractivity contribution in [1.29, 1.82) is 0 Å². The van der Waals surface area contributed by atoms with Gasteiger partial charge in [0, 0.05) is 24.3 Å². The van der Waals surface area contributed by atoms with E-state index in [0.29, 0.717) is 36.7 Å². The Labute approximate surface area is 196 Å². The molecular formula is C23H31N3O4S2. The second-order valence-electron chi connectivity index (χ2n) is 7.21. The largest absolute Gasteiger partial charge is 0.494 e. The topological polar surface area (TPSA) is 87.7 Å². The van der Waals surface area contributed by atoms with Gasteiger partial charge in [-0.05, 0) is 80.0 Å². The number of hydrogen-bond donors (Lipinski definition) is 2. The fraction of sp³-hybridized carbons (Fsp3) is 0.391. The molecule has 0 heterocycles. The molecule has 0 aliphatic carbocycles. The molecule has 9 heteroatoms. The number of benzene rings is 2. The van der Waals surface area contributed by atoms with Gasteiger partial charge in [0.15, 0.2) is 5.11 Å². The molecule has 0 bridgehead atoms. The minimum absolute atomic E-state index is 0.121. The maximum atomic E-state index is 12.8. The molecule has 2 aromatic rings. The van der Waals surface area contributed by atoms with Crippen LogP contribution in [0.15, 0.2) is 53.4 Å². The van der Waals surface area contributed by atoms with Crippen LogP contribution in [0, 0.1) is 0 Å². The molecule has 2 N–H and O–H groups in total. The lowest BCUT2D eigenvalue weighted by Crippen LogP contribution is -2.34. The summed E-state index contributed by atoms with van der Waals surface area (Å²) < 4.78 is 32.7. The second kappa shape index (κ2) is 12.5. The van der Waals surface area contributed by atoms with Gasteiger partial charge in [0.25, 0.3) is 5.91 Å². The van der Waals surface area contributed by atoms with E-state index in [1.807, 2.05) is 20.8 Å². The van der Waals surface area contributed by atoms with Crippen LogP contribution in [-0.2, 0) is 10.0 Å². The van der Waals surface area contributed by atoms with Crippen LogP contribution in [0.5, 0.6) is 5.75 Å². The number of amides is 1. The maximum Gasteiger partial charge on any atom is 0.257 e. The van der Waals surface area contributed by atoms with Crippen molar-refractivity contribution in [3.63, 3.8) is 0 Å². The van der Waals surface area contributed by atoms with Gasteiger partial charge in [0.05, 0.1) is 11.5 Å². The van der Waals surface area contributed by atoms with Crippen LogP contribution in [-0.4, -0.2) is 43.4 Å². The van der Waals surface area contributed by atoms with E-state index >= 15 is 0 Å². The molecule has 0 spiro atoms. The van der Waals surface area contributed by atoms with E-state index in [1.165, 1.54) is 16.4 Å². The van der Waals surface area contributed by atoms with Gasteiger partial charge in [0.2, 0.25) is 10.0 Å². The second-order valence-corrected chi connectivity index (χ2v) is 9.56. The number of rotatable bonds is 11. The minimum atomic E-state index is -3.54.